The van der Waals surface area contributed by atoms with Crippen molar-refractivity contribution in [2.24, 2.45) is 0 Å². The van der Waals surface area contributed by atoms with Gasteiger partial charge in [0.1, 0.15) is 5.82 Å². The Morgan fingerprint density at radius 2 is 1.79 bits per heavy atom. The highest BCUT2D eigenvalue weighted by molar-refractivity contribution is 7.90. The zero-order valence-electron chi connectivity index (χ0n) is 15.8. The van der Waals surface area contributed by atoms with Crippen molar-refractivity contribution in [1.29, 1.82) is 0 Å². The largest absolute Gasteiger partial charge is 0.270 e. The fourth-order valence-corrected chi connectivity index (χ4v) is 5.02. The molecule has 0 fully saturated rings. The summed E-state index contributed by atoms with van der Waals surface area (Å²) in [6, 6.07) is 11.6. The molecule has 1 atom stereocenters. The summed E-state index contributed by atoms with van der Waals surface area (Å²) in [5.74, 6) is 0.391. The van der Waals surface area contributed by atoms with E-state index in [-0.39, 0.29) is 16.0 Å². The lowest BCUT2D eigenvalue weighted by Crippen LogP contribution is -2.19. The van der Waals surface area contributed by atoms with E-state index in [1.807, 2.05) is 26.1 Å². The van der Waals surface area contributed by atoms with Crippen LogP contribution in [0, 0.1) is 6.92 Å². The van der Waals surface area contributed by atoms with Gasteiger partial charge < -0.3 is 0 Å². The molecular formula is C20H18Cl2N4O2S. The number of nitrogens with zero attached hydrogens (tertiary/aromatic N) is 4. The molecule has 0 aliphatic rings. The standard InChI is InChI=1S/C20H18Cl2N4O2S/c1-13-4-6-15(7-5-13)29(27,28)26-19-12-17(22)16(21)11-18(19)24-20(26)10-14(2)25-9-3-8-23-25/h3-9,11-12,14H,10H2,1-2H3/t14-/m0/s1. The Labute approximate surface area is 178 Å². The van der Waals surface area contributed by atoms with Crippen LogP contribution in [0.4, 0.5) is 0 Å². The average Bonchev–Trinajstić information content (AvgIpc) is 3.31. The van der Waals surface area contributed by atoms with Crippen molar-refractivity contribution in [3.8, 4) is 0 Å². The number of aromatic nitrogens is 4. The molecule has 0 spiro atoms. The maximum atomic E-state index is 13.5. The molecule has 9 heteroatoms. The van der Waals surface area contributed by atoms with Gasteiger partial charge in [0.15, 0.2) is 0 Å². The molecule has 150 valence electrons. The topological polar surface area (TPSA) is 69.8 Å². The quantitative estimate of drug-likeness (QED) is 0.435. The van der Waals surface area contributed by atoms with Crippen LogP contribution in [0.3, 0.4) is 0 Å². The third-order valence-electron chi connectivity index (χ3n) is 4.73. The van der Waals surface area contributed by atoms with Gasteiger partial charge in [-0.15, -0.1) is 0 Å². The van der Waals surface area contributed by atoms with E-state index in [9.17, 15) is 8.42 Å². The van der Waals surface area contributed by atoms with Gasteiger partial charge in [0.25, 0.3) is 10.0 Å². The monoisotopic (exact) mass is 448 g/mol. The van der Waals surface area contributed by atoms with Gasteiger partial charge in [-0.1, -0.05) is 40.9 Å². The Hall–Kier alpha value is -2.35. The van der Waals surface area contributed by atoms with Crippen LogP contribution in [0.5, 0.6) is 0 Å². The van der Waals surface area contributed by atoms with Crippen LogP contribution in [0.1, 0.15) is 24.4 Å². The zero-order chi connectivity index (χ0) is 20.8. The third-order valence-corrected chi connectivity index (χ3v) is 7.21. The SMILES string of the molecule is Cc1ccc(S(=O)(=O)n2c(C[C@H](C)n3cccn3)nc3cc(Cl)c(Cl)cc32)cc1. The highest BCUT2D eigenvalue weighted by atomic mass is 35.5. The summed E-state index contributed by atoms with van der Waals surface area (Å²) in [4.78, 5) is 4.76. The van der Waals surface area contributed by atoms with Crippen LogP contribution in [0.25, 0.3) is 11.0 Å². The Morgan fingerprint density at radius 3 is 2.45 bits per heavy atom. The first-order chi connectivity index (χ1) is 13.8. The molecule has 2 heterocycles. The summed E-state index contributed by atoms with van der Waals surface area (Å²) in [7, 11) is -3.89. The first kappa shape index (κ1) is 19.9. The van der Waals surface area contributed by atoms with Gasteiger partial charge in [-0.05, 0) is 44.2 Å². The minimum absolute atomic E-state index is 0.0975. The van der Waals surface area contributed by atoms with Gasteiger partial charge in [0, 0.05) is 18.8 Å². The van der Waals surface area contributed by atoms with Gasteiger partial charge in [0.05, 0.1) is 32.0 Å². The third kappa shape index (κ3) is 3.66. The van der Waals surface area contributed by atoms with Crippen LogP contribution in [0.15, 0.2) is 59.8 Å². The number of fused-ring (bicyclic) bond motifs is 1. The molecule has 0 N–H and O–H groups in total. The van der Waals surface area contributed by atoms with Crippen LogP contribution in [0.2, 0.25) is 10.0 Å². The van der Waals surface area contributed by atoms with Crippen molar-refractivity contribution in [3.05, 3.63) is 76.3 Å². The number of halogens is 2. The lowest BCUT2D eigenvalue weighted by Gasteiger charge is -2.15. The minimum Gasteiger partial charge on any atom is -0.270 e. The minimum atomic E-state index is -3.89. The summed E-state index contributed by atoms with van der Waals surface area (Å²) >= 11 is 12.3. The highest BCUT2D eigenvalue weighted by Crippen LogP contribution is 2.31. The van der Waals surface area contributed by atoms with Crippen molar-refractivity contribution < 1.29 is 8.42 Å². The summed E-state index contributed by atoms with van der Waals surface area (Å²) in [5.41, 5.74) is 1.84. The molecule has 4 rings (SSSR count). The second kappa shape index (κ2) is 7.48. The van der Waals surface area contributed by atoms with Crippen molar-refractivity contribution in [1.82, 2.24) is 18.7 Å². The van der Waals surface area contributed by atoms with Gasteiger partial charge >= 0.3 is 0 Å². The maximum Gasteiger partial charge on any atom is 0.269 e. The Balaban J connectivity index is 1.92. The van der Waals surface area contributed by atoms with Gasteiger partial charge in [-0.25, -0.2) is 17.4 Å². The van der Waals surface area contributed by atoms with E-state index in [0.29, 0.717) is 28.3 Å². The normalized spacial score (nSPS) is 13.1. The molecule has 0 saturated heterocycles. The summed E-state index contributed by atoms with van der Waals surface area (Å²) in [6.07, 6.45) is 3.87. The Kier molecular flexibility index (Phi) is 5.14. The molecule has 0 amide bonds. The van der Waals surface area contributed by atoms with E-state index in [0.717, 1.165) is 5.56 Å². The van der Waals surface area contributed by atoms with Crippen molar-refractivity contribution in [3.63, 3.8) is 0 Å². The molecule has 0 radical (unpaired) electrons. The van der Waals surface area contributed by atoms with Gasteiger partial charge in [-0.2, -0.15) is 5.10 Å². The molecule has 0 saturated carbocycles. The van der Waals surface area contributed by atoms with Crippen LogP contribution in [-0.2, 0) is 16.4 Å². The summed E-state index contributed by atoms with van der Waals surface area (Å²) in [5, 5.41) is 4.83. The predicted octanol–water partition coefficient (Wildman–Crippen LogP) is 4.89. The first-order valence-electron chi connectivity index (χ1n) is 8.95. The van der Waals surface area contributed by atoms with E-state index in [1.165, 1.54) is 3.97 Å². The predicted molar refractivity (Wildman–Crippen MR) is 114 cm³/mol. The van der Waals surface area contributed by atoms with E-state index >= 15 is 0 Å². The molecular weight excluding hydrogens is 431 g/mol. The number of aryl methyl sites for hydroxylation is 1. The van der Waals surface area contributed by atoms with Crippen LogP contribution >= 0.6 is 23.2 Å². The molecule has 29 heavy (non-hydrogen) atoms. The van der Waals surface area contributed by atoms with E-state index in [1.54, 1.807) is 47.3 Å². The molecule has 0 aliphatic carbocycles. The van der Waals surface area contributed by atoms with Gasteiger partial charge in [0.2, 0.25) is 0 Å². The van der Waals surface area contributed by atoms with Crippen molar-refractivity contribution in [2.75, 3.05) is 0 Å². The van der Waals surface area contributed by atoms with E-state index in [2.05, 4.69) is 10.1 Å². The maximum absolute atomic E-state index is 13.5. The second-order valence-corrected chi connectivity index (χ2v) is 9.51. The van der Waals surface area contributed by atoms with Crippen molar-refractivity contribution in [2.45, 2.75) is 31.2 Å². The van der Waals surface area contributed by atoms with Crippen LogP contribution < -0.4 is 0 Å². The summed E-state index contributed by atoms with van der Waals surface area (Å²) in [6.45, 7) is 3.86. The second-order valence-electron chi connectivity index (χ2n) is 6.90. The summed E-state index contributed by atoms with van der Waals surface area (Å²) < 4.78 is 30.1. The molecule has 2 aromatic heterocycles. The molecule has 2 aromatic carbocycles. The highest BCUT2D eigenvalue weighted by Gasteiger charge is 2.26. The zero-order valence-corrected chi connectivity index (χ0v) is 18.1. The lowest BCUT2D eigenvalue weighted by atomic mass is 10.2. The molecule has 6 nitrogen and oxygen atoms in total. The average molecular weight is 449 g/mol. The Morgan fingerprint density at radius 1 is 1.10 bits per heavy atom. The fourth-order valence-electron chi connectivity index (χ4n) is 3.21. The first-order valence-corrected chi connectivity index (χ1v) is 11.1. The lowest BCUT2D eigenvalue weighted by molar-refractivity contribution is 0.477. The van der Waals surface area contributed by atoms with Crippen LogP contribution in [-0.4, -0.2) is 27.2 Å². The molecule has 0 aliphatic heterocycles. The Bertz CT molecular complexity index is 1280. The number of benzene rings is 2. The number of hydrogen-bond acceptors (Lipinski definition) is 4. The van der Waals surface area contributed by atoms with Gasteiger partial charge in [-0.3, -0.25) is 4.68 Å². The number of imidazole rings is 1. The number of hydrogen-bond donors (Lipinski definition) is 0. The van der Waals surface area contributed by atoms with Crippen molar-refractivity contribution >= 4 is 44.3 Å². The fraction of sp³-hybridized carbons (Fsp3) is 0.200. The van der Waals surface area contributed by atoms with E-state index < -0.39 is 10.0 Å². The molecule has 0 bridgehead atoms. The molecule has 4 aromatic rings. The number of rotatable bonds is 5. The van der Waals surface area contributed by atoms with E-state index in [4.69, 9.17) is 23.2 Å². The smallest absolute Gasteiger partial charge is 0.269 e. The molecule has 0 unspecified atom stereocenters.